The standard InChI is InChI=1S/C18H21NO4/c1-13-6-8-14(9-7-13)4-2-3-5-17(20)19-12-15-10-11-16(23-15)18(21)22/h6-11H,2-5,12H2,1H3,(H,19,20)(H,21,22). The fraction of sp³-hybridized carbons (Fsp3) is 0.333. The van der Waals surface area contributed by atoms with Crippen LogP contribution in [0, 0.1) is 6.92 Å². The van der Waals surface area contributed by atoms with Gasteiger partial charge in [0.05, 0.1) is 6.54 Å². The zero-order valence-electron chi connectivity index (χ0n) is 13.2. The Balaban J connectivity index is 1.63. The van der Waals surface area contributed by atoms with Gasteiger partial charge in [-0.05, 0) is 43.9 Å². The number of amides is 1. The molecule has 5 nitrogen and oxygen atoms in total. The van der Waals surface area contributed by atoms with E-state index in [-0.39, 0.29) is 18.2 Å². The number of hydrogen-bond donors (Lipinski definition) is 2. The summed E-state index contributed by atoms with van der Waals surface area (Å²) in [7, 11) is 0. The van der Waals surface area contributed by atoms with Crippen molar-refractivity contribution in [1.29, 1.82) is 0 Å². The number of carbonyl (C=O) groups is 2. The molecule has 23 heavy (non-hydrogen) atoms. The average Bonchev–Trinajstić information content (AvgIpc) is 3.00. The van der Waals surface area contributed by atoms with Gasteiger partial charge < -0.3 is 14.8 Å². The van der Waals surface area contributed by atoms with E-state index in [2.05, 4.69) is 36.5 Å². The molecule has 1 amide bonds. The van der Waals surface area contributed by atoms with E-state index < -0.39 is 5.97 Å². The number of benzene rings is 1. The summed E-state index contributed by atoms with van der Waals surface area (Å²) in [6, 6.07) is 11.4. The summed E-state index contributed by atoms with van der Waals surface area (Å²) in [5, 5.41) is 11.5. The lowest BCUT2D eigenvalue weighted by Crippen LogP contribution is -2.22. The number of hydrogen-bond acceptors (Lipinski definition) is 3. The first kappa shape index (κ1) is 16.8. The molecular weight excluding hydrogens is 294 g/mol. The zero-order chi connectivity index (χ0) is 16.7. The zero-order valence-corrected chi connectivity index (χ0v) is 13.2. The van der Waals surface area contributed by atoms with Gasteiger partial charge in [-0.1, -0.05) is 29.8 Å². The SMILES string of the molecule is Cc1ccc(CCCCC(=O)NCc2ccc(C(=O)O)o2)cc1. The predicted octanol–water partition coefficient (Wildman–Crippen LogP) is 3.32. The van der Waals surface area contributed by atoms with E-state index in [1.54, 1.807) is 6.07 Å². The van der Waals surface area contributed by atoms with Crippen LogP contribution in [0.25, 0.3) is 0 Å². The Hall–Kier alpha value is -2.56. The number of nitrogens with one attached hydrogen (secondary N) is 1. The van der Waals surface area contributed by atoms with E-state index in [0.717, 1.165) is 19.3 Å². The van der Waals surface area contributed by atoms with Gasteiger partial charge in [0.1, 0.15) is 5.76 Å². The third-order valence-corrected chi connectivity index (χ3v) is 3.57. The Kier molecular flexibility index (Phi) is 5.97. The number of carboxylic acids is 1. The number of rotatable bonds is 8. The number of aromatic carboxylic acids is 1. The fourth-order valence-electron chi connectivity index (χ4n) is 2.23. The lowest BCUT2D eigenvalue weighted by Gasteiger charge is -2.04. The Morgan fingerprint density at radius 1 is 1.09 bits per heavy atom. The van der Waals surface area contributed by atoms with Gasteiger partial charge in [-0.25, -0.2) is 4.79 Å². The summed E-state index contributed by atoms with van der Waals surface area (Å²) in [6.45, 7) is 2.27. The molecule has 122 valence electrons. The fourth-order valence-corrected chi connectivity index (χ4v) is 2.23. The summed E-state index contributed by atoms with van der Waals surface area (Å²) < 4.78 is 5.07. The maximum absolute atomic E-state index is 11.7. The second-order valence-electron chi connectivity index (χ2n) is 5.54. The third-order valence-electron chi connectivity index (χ3n) is 3.57. The minimum atomic E-state index is -1.11. The van der Waals surface area contributed by atoms with Gasteiger partial charge in [-0.2, -0.15) is 0 Å². The van der Waals surface area contributed by atoms with Crippen molar-refractivity contribution in [3.8, 4) is 0 Å². The molecule has 1 heterocycles. The van der Waals surface area contributed by atoms with Crippen molar-refractivity contribution in [2.45, 2.75) is 39.2 Å². The monoisotopic (exact) mass is 315 g/mol. The second-order valence-corrected chi connectivity index (χ2v) is 5.54. The second kappa shape index (κ2) is 8.17. The van der Waals surface area contributed by atoms with E-state index >= 15 is 0 Å². The summed E-state index contributed by atoms with van der Waals surface area (Å²) in [6.07, 6.45) is 3.20. The van der Waals surface area contributed by atoms with Crippen LogP contribution in [-0.4, -0.2) is 17.0 Å². The largest absolute Gasteiger partial charge is 0.475 e. The third kappa shape index (κ3) is 5.62. The number of aryl methyl sites for hydroxylation is 2. The molecule has 0 aliphatic heterocycles. The Morgan fingerprint density at radius 3 is 2.48 bits per heavy atom. The Morgan fingerprint density at radius 2 is 1.83 bits per heavy atom. The highest BCUT2D eigenvalue weighted by molar-refractivity contribution is 5.84. The lowest BCUT2D eigenvalue weighted by molar-refractivity contribution is -0.121. The van der Waals surface area contributed by atoms with Crippen LogP contribution >= 0.6 is 0 Å². The molecule has 0 saturated heterocycles. The summed E-state index contributed by atoms with van der Waals surface area (Å²) in [5.41, 5.74) is 2.53. The van der Waals surface area contributed by atoms with Crippen LogP contribution < -0.4 is 5.32 Å². The Labute approximate surface area is 135 Å². The van der Waals surface area contributed by atoms with E-state index in [1.807, 2.05) is 0 Å². The van der Waals surface area contributed by atoms with Gasteiger partial charge in [-0.15, -0.1) is 0 Å². The maximum atomic E-state index is 11.7. The van der Waals surface area contributed by atoms with Gasteiger partial charge in [0.25, 0.3) is 0 Å². The van der Waals surface area contributed by atoms with Crippen LogP contribution in [-0.2, 0) is 17.8 Å². The maximum Gasteiger partial charge on any atom is 0.371 e. The molecule has 2 N–H and O–H groups in total. The number of unbranched alkanes of at least 4 members (excludes halogenated alkanes) is 1. The number of furan rings is 1. The van der Waals surface area contributed by atoms with Gasteiger partial charge >= 0.3 is 5.97 Å². The highest BCUT2D eigenvalue weighted by Crippen LogP contribution is 2.09. The van der Waals surface area contributed by atoms with Gasteiger partial charge in [-0.3, -0.25) is 4.79 Å². The molecule has 0 saturated carbocycles. The molecule has 0 fully saturated rings. The molecule has 0 radical (unpaired) electrons. The first-order chi connectivity index (χ1) is 11.0. The Bertz CT molecular complexity index is 658. The highest BCUT2D eigenvalue weighted by Gasteiger charge is 2.09. The predicted molar refractivity (Wildman–Crippen MR) is 86.2 cm³/mol. The number of carboxylic acid groups (broad SMARTS) is 1. The van der Waals surface area contributed by atoms with Crippen LogP contribution in [0.5, 0.6) is 0 Å². The van der Waals surface area contributed by atoms with Gasteiger partial charge in [0.2, 0.25) is 11.7 Å². The van der Waals surface area contributed by atoms with Crippen LogP contribution in [0.3, 0.4) is 0 Å². The average molecular weight is 315 g/mol. The summed E-state index contributed by atoms with van der Waals surface area (Å²) in [4.78, 5) is 22.4. The first-order valence-corrected chi connectivity index (χ1v) is 7.69. The number of carbonyl (C=O) groups excluding carboxylic acids is 1. The molecule has 1 aromatic carbocycles. The van der Waals surface area contributed by atoms with E-state index in [1.165, 1.54) is 17.2 Å². The van der Waals surface area contributed by atoms with Crippen molar-refractivity contribution >= 4 is 11.9 Å². The van der Waals surface area contributed by atoms with Crippen molar-refractivity contribution in [3.05, 3.63) is 59.0 Å². The van der Waals surface area contributed by atoms with Crippen LogP contribution in [0.1, 0.15) is 46.7 Å². The molecule has 0 spiro atoms. The van der Waals surface area contributed by atoms with Crippen molar-refractivity contribution in [2.75, 3.05) is 0 Å². The lowest BCUT2D eigenvalue weighted by atomic mass is 10.1. The molecular formula is C18H21NO4. The summed E-state index contributed by atoms with van der Waals surface area (Å²) in [5.74, 6) is -0.844. The van der Waals surface area contributed by atoms with E-state index in [0.29, 0.717) is 12.2 Å². The minimum absolute atomic E-state index is 0.0535. The quantitative estimate of drug-likeness (QED) is 0.732. The molecule has 0 atom stereocenters. The van der Waals surface area contributed by atoms with E-state index in [9.17, 15) is 9.59 Å². The highest BCUT2D eigenvalue weighted by atomic mass is 16.4. The molecule has 0 aliphatic rings. The van der Waals surface area contributed by atoms with E-state index in [4.69, 9.17) is 9.52 Å². The molecule has 1 aromatic heterocycles. The van der Waals surface area contributed by atoms with Crippen LogP contribution in [0.4, 0.5) is 0 Å². The van der Waals surface area contributed by atoms with Crippen LogP contribution in [0.2, 0.25) is 0 Å². The smallest absolute Gasteiger partial charge is 0.371 e. The van der Waals surface area contributed by atoms with Gasteiger partial charge in [0.15, 0.2) is 0 Å². The molecule has 0 bridgehead atoms. The van der Waals surface area contributed by atoms with Crippen molar-refractivity contribution in [3.63, 3.8) is 0 Å². The van der Waals surface area contributed by atoms with Crippen molar-refractivity contribution in [1.82, 2.24) is 5.32 Å². The normalized spacial score (nSPS) is 10.5. The first-order valence-electron chi connectivity index (χ1n) is 7.69. The topological polar surface area (TPSA) is 79.5 Å². The van der Waals surface area contributed by atoms with Crippen LogP contribution in [0.15, 0.2) is 40.8 Å². The molecule has 0 unspecified atom stereocenters. The molecule has 2 aromatic rings. The minimum Gasteiger partial charge on any atom is -0.475 e. The molecule has 2 rings (SSSR count). The van der Waals surface area contributed by atoms with Crippen molar-refractivity contribution in [2.24, 2.45) is 0 Å². The molecule has 5 heteroatoms. The molecule has 0 aliphatic carbocycles. The summed E-state index contributed by atoms with van der Waals surface area (Å²) >= 11 is 0. The van der Waals surface area contributed by atoms with Gasteiger partial charge in [0, 0.05) is 6.42 Å². The van der Waals surface area contributed by atoms with Crippen molar-refractivity contribution < 1.29 is 19.1 Å².